The molecule has 2 heterocycles. The molecule has 0 amide bonds. The lowest BCUT2D eigenvalue weighted by Crippen LogP contribution is -2.11. The minimum atomic E-state index is -1.08. The van der Waals surface area contributed by atoms with Crippen LogP contribution in [0, 0.1) is 13.8 Å². The van der Waals surface area contributed by atoms with Crippen molar-refractivity contribution in [2.24, 2.45) is 0 Å². The first-order valence-corrected chi connectivity index (χ1v) is 5.87. The average Bonchev–Trinajstić information content (AvgIpc) is 2.69. The van der Waals surface area contributed by atoms with Crippen LogP contribution in [0.25, 0.3) is 0 Å². The molecule has 0 aromatic carbocycles. The second-order valence-corrected chi connectivity index (χ2v) is 4.31. The fourth-order valence-corrected chi connectivity index (χ4v) is 1.90. The minimum absolute atomic E-state index is 0.0372. The summed E-state index contributed by atoms with van der Waals surface area (Å²) < 4.78 is 5.46. The Morgan fingerprint density at radius 1 is 1.47 bits per heavy atom. The monoisotopic (exact) mass is 261 g/mol. The summed E-state index contributed by atoms with van der Waals surface area (Å²) >= 11 is 0. The van der Waals surface area contributed by atoms with Crippen LogP contribution in [-0.2, 0) is 0 Å². The van der Waals surface area contributed by atoms with Gasteiger partial charge in [-0.2, -0.15) is 0 Å². The number of nitrogens with zero attached hydrogens (tertiary/aromatic N) is 2. The SMILES string of the molecule is Cc1cc(C(C)Nc2nccc(C(=O)O)n2)c(C)o1. The molecule has 0 fully saturated rings. The van der Waals surface area contributed by atoms with E-state index in [9.17, 15) is 4.79 Å². The molecule has 0 aliphatic carbocycles. The highest BCUT2D eigenvalue weighted by atomic mass is 16.4. The van der Waals surface area contributed by atoms with Crippen LogP contribution in [0.3, 0.4) is 0 Å². The highest BCUT2D eigenvalue weighted by Gasteiger charge is 2.14. The van der Waals surface area contributed by atoms with Crippen LogP contribution in [0.2, 0.25) is 0 Å². The molecule has 19 heavy (non-hydrogen) atoms. The Morgan fingerprint density at radius 3 is 2.79 bits per heavy atom. The molecule has 0 aliphatic heterocycles. The van der Waals surface area contributed by atoms with E-state index >= 15 is 0 Å². The van der Waals surface area contributed by atoms with E-state index in [4.69, 9.17) is 9.52 Å². The molecule has 0 saturated carbocycles. The van der Waals surface area contributed by atoms with Crippen molar-refractivity contribution < 1.29 is 14.3 Å². The molecule has 1 unspecified atom stereocenters. The Hall–Kier alpha value is -2.37. The molecule has 2 N–H and O–H groups in total. The minimum Gasteiger partial charge on any atom is -0.477 e. The van der Waals surface area contributed by atoms with Crippen LogP contribution in [0.5, 0.6) is 0 Å². The largest absolute Gasteiger partial charge is 0.477 e. The van der Waals surface area contributed by atoms with E-state index in [2.05, 4.69) is 15.3 Å². The summed E-state index contributed by atoms with van der Waals surface area (Å²) in [5.74, 6) is 0.868. The standard InChI is InChI=1S/C13H15N3O3/c1-7-6-10(9(3)19-7)8(2)15-13-14-5-4-11(16-13)12(17)18/h4-6,8H,1-3H3,(H,17,18)(H,14,15,16). The first kappa shape index (κ1) is 13.1. The molecule has 6 nitrogen and oxygen atoms in total. The van der Waals surface area contributed by atoms with Crippen molar-refractivity contribution >= 4 is 11.9 Å². The fourth-order valence-electron chi connectivity index (χ4n) is 1.90. The number of rotatable bonds is 4. The molecule has 0 spiro atoms. The van der Waals surface area contributed by atoms with Crippen LogP contribution in [-0.4, -0.2) is 21.0 Å². The number of hydrogen-bond acceptors (Lipinski definition) is 5. The number of aromatic carboxylic acids is 1. The molecule has 0 saturated heterocycles. The smallest absolute Gasteiger partial charge is 0.354 e. The normalized spacial score (nSPS) is 12.2. The van der Waals surface area contributed by atoms with Gasteiger partial charge < -0.3 is 14.8 Å². The van der Waals surface area contributed by atoms with Crippen molar-refractivity contribution in [2.45, 2.75) is 26.8 Å². The van der Waals surface area contributed by atoms with E-state index in [1.54, 1.807) is 0 Å². The number of anilines is 1. The lowest BCUT2D eigenvalue weighted by molar-refractivity contribution is 0.0690. The Morgan fingerprint density at radius 2 is 2.21 bits per heavy atom. The molecule has 0 radical (unpaired) electrons. The zero-order valence-corrected chi connectivity index (χ0v) is 11.0. The van der Waals surface area contributed by atoms with Gasteiger partial charge in [0, 0.05) is 11.8 Å². The Labute approximate surface area is 110 Å². The van der Waals surface area contributed by atoms with Gasteiger partial charge >= 0.3 is 5.97 Å². The van der Waals surface area contributed by atoms with E-state index in [1.165, 1.54) is 12.3 Å². The lowest BCUT2D eigenvalue weighted by Gasteiger charge is -2.12. The van der Waals surface area contributed by atoms with Crippen molar-refractivity contribution in [3.8, 4) is 0 Å². The van der Waals surface area contributed by atoms with E-state index in [1.807, 2.05) is 26.8 Å². The molecule has 6 heteroatoms. The number of hydrogen-bond donors (Lipinski definition) is 2. The van der Waals surface area contributed by atoms with Gasteiger partial charge in [-0.05, 0) is 32.9 Å². The number of carboxylic acids is 1. The average molecular weight is 261 g/mol. The molecule has 2 aromatic rings. The summed E-state index contributed by atoms with van der Waals surface area (Å²) in [6.07, 6.45) is 1.42. The molecular weight excluding hydrogens is 246 g/mol. The van der Waals surface area contributed by atoms with Gasteiger partial charge in [0.25, 0.3) is 0 Å². The topological polar surface area (TPSA) is 88.2 Å². The Bertz CT molecular complexity index is 607. The van der Waals surface area contributed by atoms with Gasteiger partial charge in [0.1, 0.15) is 11.5 Å². The van der Waals surface area contributed by atoms with Gasteiger partial charge in [0.15, 0.2) is 5.69 Å². The van der Waals surface area contributed by atoms with Gasteiger partial charge in [-0.15, -0.1) is 0 Å². The number of carbonyl (C=O) groups is 1. The van der Waals surface area contributed by atoms with Crippen LogP contribution >= 0.6 is 0 Å². The van der Waals surface area contributed by atoms with Crippen LogP contribution in [0.1, 0.15) is 40.5 Å². The predicted molar refractivity (Wildman–Crippen MR) is 69.2 cm³/mol. The van der Waals surface area contributed by atoms with E-state index in [0.717, 1.165) is 17.1 Å². The predicted octanol–water partition coefficient (Wildman–Crippen LogP) is 2.56. The highest BCUT2D eigenvalue weighted by Crippen LogP contribution is 2.23. The maximum Gasteiger partial charge on any atom is 0.354 e. The summed E-state index contributed by atoms with van der Waals surface area (Å²) in [4.78, 5) is 18.8. The fraction of sp³-hybridized carbons (Fsp3) is 0.308. The van der Waals surface area contributed by atoms with Gasteiger partial charge in [-0.25, -0.2) is 14.8 Å². The van der Waals surface area contributed by atoms with E-state index < -0.39 is 5.97 Å². The van der Waals surface area contributed by atoms with Gasteiger partial charge in [-0.3, -0.25) is 0 Å². The van der Waals surface area contributed by atoms with E-state index in [-0.39, 0.29) is 17.7 Å². The maximum absolute atomic E-state index is 10.8. The number of furan rings is 1. The third-order valence-electron chi connectivity index (χ3n) is 2.77. The van der Waals surface area contributed by atoms with Crippen molar-refractivity contribution in [3.63, 3.8) is 0 Å². The first-order valence-electron chi connectivity index (χ1n) is 5.87. The molecular formula is C13H15N3O3. The zero-order chi connectivity index (χ0) is 14.0. The van der Waals surface area contributed by atoms with Crippen molar-refractivity contribution in [1.29, 1.82) is 0 Å². The third kappa shape index (κ3) is 2.90. The Balaban J connectivity index is 2.19. The number of aromatic nitrogens is 2. The second kappa shape index (κ2) is 5.09. The molecule has 2 aromatic heterocycles. The van der Waals surface area contributed by atoms with Gasteiger partial charge in [-0.1, -0.05) is 0 Å². The summed E-state index contributed by atoms with van der Waals surface area (Å²) in [7, 11) is 0. The second-order valence-electron chi connectivity index (χ2n) is 4.31. The van der Waals surface area contributed by atoms with Crippen LogP contribution in [0.4, 0.5) is 5.95 Å². The molecule has 2 rings (SSSR count). The molecule has 1 atom stereocenters. The van der Waals surface area contributed by atoms with Gasteiger partial charge in [0.05, 0.1) is 6.04 Å². The molecule has 0 bridgehead atoms. The van der Waals surface area contributed by atoms with E-state index in [0.29, 0.717) is 0 Å². The first-order chi connectivity index (χ1) is 8.97. The maximum atomic E-state index is 10.8. The van der Waals surface area contributed by atoms with Gasteiger partial charge in [0.2, 0.25) is 5.95 Å². The van der Waals surface area contributed by atoms with Crippen molar-refractivity contribution in [1.82, 2.24) is 9.97 Å². The number of nitrogens with one attached hydrogen (secondary N) is 1. The molecule has 0 aliphatic rings. The third-order valence-corrected chi connectivity index (χ3v) is 2.77. The highest BCUT2D eigenvalue weighted by molar-refractivity contribution is 5.85. The summed E-state index contributed by atoms with van der Waals surface area (Å²) in [6.45, 7) is 5.70. The summed E-state index contributed by atoms with van der Waals surface area (Å²) in [5, 5.41) is 11.9. The van der Waals surface area contributed by atoms with Crippen LogP contribution < -0.4 is 5.32 Å². The lowest BCUT2D eigenvalue weighted by atomic mass is 10.1. The summed E-state index contributed by atoms with van der Waals surface area (Å²) in [5.41, 5.74) is 0.964. The zero-order valence-electron chi connectivity index (χ0n) is 11.0. The van der Waals surface area contributed by atoms with Crippen molar-refractivity contribution in [2.75, 3.05) is 5.32 Å². The molecule has 100 valence electrons. The number of carboxylic acid groups (broad SMARTS) is 1. The van der Waals surface area contributed by atoms with Crippen molar-refractivity contribution in [3.05, 3.63) is 41.1 Å². The Kier molecular flexibility index (Phi) is 3.50. The number of aryl methyl sites for hydroxylation is 2. The summed E-state index contributed by atoms with van der Waals surface area (Å²) in [6, 6.07) is 3.22. The quantitative estimate of drug-likeness (QED) is 0.879. The van der Waals surface area contributed by atoms with Crippen LogP contribution in [0.15, 0.2) is 22.7 Å².